The van der Waals surface area contributed by atoms with E-state index in [4.69, 9.17) is 14.6 Å². The van der Waals surface area contributed by atoms with Gasteiger partial charge in [0.05, 0.1) is 11.1 Å². The van der Waals surface area contributed by atoms with Gasteiger partial charge in [0.25, 0.3) is 11.8 Å². The standard InChI is InChI=1S/C30H27N5O4/c1-33(2)29(36)20-12-14-21(15-13-20)38-22-16-17-24-26(19-22)35(28(32-24)25-10-7-8-18-31-25)39-27-11-6-5-9-23(27)30(37)34(3)4/h5-19H,1-4H3. The molecule has 3 aromatic carbocycles. The first-order chi connectivity index (χ1) is 18.8. The SMILES string of the molecule is CN(C)C(=O)c1ccc(Oc2ccc3nc(-c4ccccn4)n(Oc4ccccc4C(=O)N(C)C)c3c2)cc1. The highest BCUT2D eigenvalue weighted by Gasteiger charge is 2.20. The van der Waals surface area contributed by atoms with Crippen molar-refractivity contribution >= 4 is 22.8 Å². The lowest BCUT2D eigenvalue weighted by atomic mass is 10.2. The van der Waals surface area contributed by atoms with Gasteiger partial charge in [0.1, 0.15) is 22.7 Å². The van der Waals surface area contributed by atoms with Gasteiger partial charge in [-0.05, 0) is 60.7 Å². The topological polar surface area (TPSA) is 89.8 Å². The number of hydrogen-bond donors (Lipinski definition) is 0. The number of ether oxygens (including phenoxy) is 1. The first-order valence-corrected chi connectivity index (χ1v) is 12.2. The molecule has 9 nitrogen and oxygen atoms in total. The van der Waals surface area contributed by atoms with Gasteiger partial charge in [0.2, 0.25) is 0 Å². The van der Waals surface area contributed by atoms with Crippen molar-refractivity contribution < 1.29 is 19.2 Å². The fraction of sp³-hybridized carbons (Fsp3) is 0.133. The minimum atomic E-state index is -0.186. The monoisotopic (exact) mass is 521 g/mol. The number of hydrogen-bond acceptors (Lipinski definition) is 6. The van der Waals surface area contributed by atoms with Crippen LogP contribution in [0.2, 0.25) is 0 Å². The Balaban J connectivity index is 1.56. The highest BCUT2D eigenvalue weighted by Crippen LogP contribution is 2.31. The van der Waals surface area contributed by atoms with Crippen molar-refractivity contribution in [2.45, 2.75) is 0 Å². The fourth-order valence-corrected chi connectivity index (χ4v) is 3.97. The normalized spacial score (nSPS) is 10.8. The Bertz CT molecular complexity index is 1640. The molecule has 0 bridgehead atoms. The van der Waals surface area contributed by atoms with Crippen LogP contribution in [-0.4, -0.2) is 64.5 Å². The average molecular weight is 522 g/mol. The maximum atomic E-state index is 12.8. The average Bonchev–Trinajstić information content (AvgIpc) is 3.31. The maximum Gasteiger partial charge on any atom is 0.257 e. The molecule has 0 atom stereocenters. The number of carbonyl (C=O) groups excluding carboxylic acids is 2. The van der Waals surface area contributed by atoms with Crippen molar-refractivity contribution in [1.82, 2.24) is 24.5 Å². The largest absolute Gasteiger partial charge is 0.457 e. The zero-order valence-electron chi connectivity index (χ0n) is 22.0. The first kappa shape index (κ1) is 25.5. The van der Waals surface area contributed by atoms with Crippen LogP contribution < -0.4 is 9.57 Å². The second-order valence-electron chi connectivity index (χ2n) is 9.21. The Morgan fingerprint density at radius 2 is 1.46 bits per heavy atom. The Morgan fingerprint density at radius 1 is 0.769 bits per heavy atom. The Hall–Kier alpha value is -5.18. The Labute approximate surface area is 225 Å². The third kappa shape index (κ3) is 5.28. The van der Waals surface area contributed by atoms with E-state index in [0.29, 0.717) is 50.9 Å². The Kier molecular flexibility index (Phi) is 6.96. The molecule has 2 amide bonds. The van der Waals surface area contributed by atoms with Gasteiger partial charge in [-0.1, -0.05) is 18.2 Å². The molecule has 0 aliphatic heterocycles. The molecular weight excluding hydrogens is 494 g/mol. The lowest BCUT2D eigenvalue weighted by Crippen LogP contribution is -2.23. The summed E-state index contributed by atoms with van der Waals surface area (Å²) in [6.07, 6.45) is 1.68. The van der Waals surface area contributed by atoms with Crippen LogP contribution in [0.25, 0.3) is 22.6 Å². The summed E-state index contributed by atoms with van der Waals surface area (Å²) in [5.74, 6) is 1.70. The van der Waals surface area contributed by atoms with Crippen LogP contribution in [0, 0.1) is 0 Å². The van der Waals surface area contributed by atoms with Gasteiger partial charge in [-0.25, -0.2) is 4.98 Å². The number of carbonyl (C=O) groups is 2. The molecule has 2 aromatic heterocycles. The maximum absolute atomic E-state index is 12.8. The summed E-state index contributed by atoms with van der Waals surface area (Å²) < 4.78 is 7.66. The smallest absolute Gasteiger partial charge is 0.257 e. The van der Waals surface area contributed by atoms with E-state index < -0.39 is 0 Å². The number of imidazole rings is 1. The molecule has 9 heteroatoms. The molecule has 0 N–H and O–H groups in total. The number of fused-ring (bicyclic) bond motifs is 1. The number of rotatable bonds is 7. The van der Waals surface area contributed by atoms with Crippen LogP contribution >= 0.6 is 0 Å². The zero-order valence-corrected chi connectivity index (χ0v) is 22.0. The minimum Gasteiger partial charge on any atom is -0.457 e. The number of benzene rings is 3. The lowest BCUT2D eigenvalue weighted by molar-refractivity contribution is 0.0815. The third-order valence-corrected chi connectivity index (χ3v) is 5.93. The molecule has 39 heavy (non-hydrogen) atoms. The van der Waals surface area contributed by atoms with E-state index >= 15 is 0 Å². The molecular formula is C30H27N5O4. The molecule has 0 unspecified atom stereocenters. The van der Waals surface area contributed by atoms with Crippen LogP contribution in [-0.2, 0) is 0 Å². The first-order valence-electron chi connectivity index (χ1n) is 12.2. The van der Waals surface area contributed by atoms with Crippen LogP contribution in [0.1, 0.15) is 20.7 Å². The van der Waals surface area contributed by atoms with Gasteiger partial charge >= 0.3 is 0 Å². The summed E-state index contributed by atoms with van der Waals surface area (Å²) >= 11 is 0. The van der Waals surface area contributed by atoms with Gasteiger partial charge in [-0.3, -0.25) is 14.6 Å². The summed E-state index contributed by atoms with van der Waals surface area (Å²) in [6.45, 7) is 0. The second-order valence-corrected chi connectivity index (χ2v) is 9.21. The summed E-state index contributed by atoms with van der Waals surface area (Å²) in [5.41, 5.74) is 2.87. The van der Waals surface area contributed by atoms with Crippen molar-refractivity contribution in [1.29, 1.82) is 0 Å². The predicted molar refractivity (Wildman–Crippen MR) is 148 cm³/mol. The minimum absolute atomic E-state index is 0.0842. The number of para-hydroxylation sites is 1. The quantitative estimate of drug-likeness (QED) is 0.295. The molecule has 0 aliphatic carbocycles. The van der Waals surface area contributed by atoms with E-state index in [2.05, 4.69) is 4.98 Å². The number of nitrogens with zero attached hydrogens (tertiary/aromatic N) is 5. The second kappa shape index (κ2) is 10.7. The van der Waals surface area contributed by atoms with Crippen molar-refractivity contribution in [2.75, 3.05) is 28.2 Å². The van der Waals surface area contributed by atoms with Crippen LogP contribution in [0.4, 0.5) is 0 Å². The van der Waals surface area contributed by atoms with Crippen molar-refractivity contribution in [3.63, 3.8) is 0 Å². The molecule has 5 rings (SSSR count). The third-order valence-electron chi connectivity index (χ3n) is 5.93. The molecule has 0 saturated carbocycles. The van der Waals surface area contributed by atoms with E-state index in [9.17, 15) is 9.59 Å². The van der Waals surface area contributed by atoms with Crippen LogP contribution in [0.5, 0.6) is 17.2 Å². The molecule has 0 saturated heterocycles. The summed E-state index contributed by atoms with van der Waals surface area (Å²) in [4.78, 5) is 43.6. The summed E-state index contributed by atoms with van der Waals surface area (Å²) in [5, 5.41) is 0. The zero-order chi connectivity index (χ0) is 27.5. The molecule has 0 spiro atoms. The van der Waals surface area contributed by atoms with E-state index in [1.807, 2.05) is 36.4 Å². The summed E-state index contributed by atoms with van der Waals surface area (Å²) in [6, 6.07) is 25.0. The van der Waals surface area contributed by atoms with Gasteiger partial charge in [0, 0.05) is 46.0 Å². The molecule has 0 radical (unpaired) electrons. The highest BCUT2D eigenvalue weighted by atomic mass is 16.7. The molecule has 0 aliphatic rings. The number of amides is 2. The number of pyridine rings is 1. The van der Waals surface area contributed by atoms with Gasteiger partial charge in [-0.2, -0.15) is 4.73 Å². The van der Waals surface area contributed by atoms with Crippen molar-refractivity contribution in [3.05, 3.63) is 102 Å². The molecule has 2 heterocycles. The van der Waals surface area contributed by atoms with Gasteiger partial charge < -0.3 is 19.4 Å². The molecule has 196 valence electrons. The predicted octanol–water partition coefficient (Wildman–Crippen LogP) is 5.14. The molecule has 0 fully saturated rings. The molecule has 5 aromatic rings. The van der Waals surface area contributed by atoms with E-state index in [0.717, 1.165) is 0 Å². The van der Waals surface area contributed by atoms with Gasteiger partial charge in [-0.15, -0.1) is 0 Å². The van der Waals surface area contributed by atoms with Crippen LogP contribution in [0.3, 0.4) is 0 Å². The van der Waals surface area contributed by atoms with Crippen molar-refractivity contribution in [2.24, 2.45) is 0 Å². The van der Waals surface area contributed by atoms with E-state index in [-0.39, 0.29) is 11.8 Å². The lowest BCUT2D eigenvalue weighted by Gasteiger charge is -2.16. The van der Waals surface area contributed by atoms with Crippen LogP contribution in [0.15, 0.2) is 91.1 Å². The van der Waals surface area contributed by atoms with E-state index in [1.54, 1.807) is 87.6 Å². The van der Waals surface area contributed by atoms with Crippen molar-refractivity contribution in [3.8, 4) is 28.8 Å². The highest BCUT2D eigenvalue weighted by molar-refractivity contribution is 5.96. The van der Waals surface area contributed by atoms with E-state index in [1.165, 1.54) is 9.80 Å². The fourth-order valence-electron chi connectivity index (χ4n) is 3.97. The van der Waals surface area contributed by atoms with Gasteiger partial charge in [0.15, 0.2) is 11.6 Å². The number of aromatic nitrogens is 3. The Morgan fingerprint density at radius 3 is 2.15 bits per heavy atom. The summed E-state index contributed by atoms with van der Waals surface area (Å²) in [7, 11) is 6.80.